The summed E-state index contributed by atoms with van der Waals surface area (Å²) in [6.45, 7) is 1.67. The summed E-state index contributed by atoms with van der Waals surface area (Å²) in [6.07, 6.45) is 6.51. The van der Waals surface area contributed by atoms with Crippen LogP contribution in [0.3, 0.4) is 0 Å². The molecule has 19 heavy (non-hydrogen) atoms. The molecule has 2 rings (SSSR count). The fourth-order valence-corrected chi connectivity index (χ4v) is 3.51. The van der Waals surface area contributed by atoms with E-state index >= 15 is 0 Å². The lowest BCUT2D eigenvalue weighted by molar-refractivity contribution is 0.415. The van der Waals surface area contributed by atoms with E-state index in [9.17, 15) is 8.42 Å². The van der Waals surface area contributed by atoms with Crippen molar-refractivity contribution in [2.45, 2.75) is 32.1 Å². The summed E-state index contributed by atoms with van der Waals surface area (Å²) in [7, 11) is -3.32. The second-order valence-electron chi connectivity index (χ2n) is 4.78. The normalized spacial score (nSPS) is 18.1. The second-order valence-corrected chi connectivity index (χ2v) is 6.54. The third kappa shape index (κ3) is 4.56. The van der Waals surface area contributed by atoms with Crippen LogP contribution < -0.4 is 4.72 Å². The smallest absolute Gasteiger partial charge is 0.261 e. The fourth-order valence-electron chi connectivity index (χ4n) is 2.23. The van der Waals surface area contributed by atoms with E-state index in [-0.39, 0.29) is 0 Å². The molecular formula is C13H21N3O2S. The molecular weight excluding hydrogens is 262 g/mol. The van der Waals surface area contributed by atoms with Crippen LogP contribution in [0, 0.1) is 0 Å². The molecule has 1 aliphatic rings. The van der Waals surface area contributed by atoms with Crippen LogP contribution in [-0.4, -0.2) is 37.3 Å². The van der Waals surface area contributed by atoms with Crippen LogP contribution in [0.2, 0.25) is 0 Å². The van der Waals surface area contributed by atoms with Gasteiger partial charge in [0.15, 0.2) is 0 Å². The molecule has 0 atom stereocenters. The van der Waals surface area contributed by atoms with Gasteiger partial charge in [0.1, 0.15) is 0 Å². The van der Waals surface area contributed by atoms with Gasteiger partial charge < -0.3 is 0 Å². The first-order valence-corrected chi connectivity index (χ1v) is 8.27. The number of pyridine rings is 1. The van der Waals surface area contributed by atoms with Gasteiger partial charge in [0.2, 0.25) is 0 Å². The number of nitrogens with one attached hydrogen (secondary N) is 1. The van der Waals surface area contributed by atoms with Crippen LogP contribution in [-0.2, 0) is 16.6 Å². The van der Waals surface area contributed by atoms with E-state index in [0.717, 1.165) is 31.4 Å². The van der Waals surface area contributed by atoms with Gasteiger partial charge >= 0.3 is 0 Å². The summed E-state index contributed by atoms with van der Waals surface area (Å²) in [6, 6.07) is 5.66. The monoisotopic (exact) mass is 283 g/mol. The van der Waals surface area contributed by atoms with E-state index in [1.54, 1.807) is 10.5 Å². The molecule has 106 valence electrons. The van der Waals surface area contributed by atoms with Crippen LogP contribution in [0.1, 0.15) is 31.4 Å². The SMILES string of the molecule is O=S(=O)(NCCc1ccccn1)N1CCCCCC1. The van der Waals surface area contributed by atoms with Gasteiger partial charge in [-0.2, -0.15) is 12.7 Å². The molecule has 1 fully saturated rings. The first-order chi connectivity index (χ1) is 9.18. The third-order valence-electron chi connectivity index (χ3n) is 3.30. The molecule has 0 aliphatic carbocycles. The molecule has 0 bridgehead atoms. The zero-order valence-electron chi connectivity index (χ0n) is 11.1. The van der Waals surface area contributed by atoms with Gasteiger partial charge in [-0.15, -0.1) is 0 Å². The first kappa shape index (κ1) is 14.4. The molecule has 0 aromatic carbocycles. The Morgan fingerprint density at radius 1 is 1.16 bits per heavy atom. The maximum atomic E-state index is 12.1. The van der Waals surface area contributed by atoms with Gasteiger partial charge in [-0.25, -0.2) is 4.72 Å². The highest BCUT2D eigenvalue weighted by Crippen LogP contribution is 2.12. The van der Waals surface area contributed by atoms with E-state index in [0.29, 0.717) is 26.1 Å². The molecule has 1 saturated heterocycles. The molecule has 0 spiro atoms. The van der Waals surface area contributed by atoms with Gasteiger partial charge in [0.25, 0.3) is 10.2 Å². The Bertz CT molecular complexity index is 468. The second kappa shape index (κ2) is 6.98. The Morgan fingerprint density at radius 2 is 1.89 bits per heavy atom. The maximum absolute atomic E-state index is 12.1. The summed E-state index contributed by atoms with van der Waals surface area (Å²) in [5, 5.41) is 0. The highest BCUT2D eigenvalue weighted by molar-refractivity contribution is 7.87. The molecule has 1 N–H and O–H groups in total. The molecule has 1 aromatic rings. The average molecular weight is 283 g/mol. The predicted octanol–water partition coefficient (Wildman–Crippen LogP) is 1.33. The first-order valence-electron chi connectivity index (χ1n) is 6.83. The maximum Gasteiger partial charge on any atom is 0.279 e. The number of hydrogen-bond acceptors (Lipinski definition) is 3. The van der Waals surface area contributed by atoms with Crippen molar-refractivity contribution < 1.29 is 8.42 Å². The standard InChI is InChI=1S/C13H21N3O2S/c17-19(18,16-11-5-1-2-6-12-16)15-10-8-13-7-3-4-9-14-13/h3-4,7,9,15H,1-2,5-6,8,10-12H2. The molecule has 0 radical (unpaired) electrons. The topological polar surface area (TPSA) is 62.3 Å². The lowest BCUT2D eigenvalue weighted by Gasteiger charge is -2.20. The molecule has 5 nitrogen and oxygen atoms in total. The van der Waals surface area contributed by atoms with E-state index in [2.05, 4.69) is 9.71 Å². The minimum Gasteiger partial charge on any atom is -0.261 e. The van der Waals surface area contributed by atoms with Crippen LogP contribution in [0.25, 0.3) is 0 Å². The predicted molar refractivity (Wildman–Crippen MR) is 74.9 cm³/mol. The van der Waals surface area contributed by atoms with Gasteiger partial charge in [-0.1, -0.05) is 18.9 Å². The highest BCUT2D eigenvalue weighted by Gasteiger charge is 2.21. The number of hydrogen-bond donors (Lipinski definition) is 1. The van der Waals surface area contributed by atoms with Crippen molar-refractivity contribution in [2.24, 2.45) is 0 Å². The molecule has 0 unspecified atom stereocenters. The molecule has 1 aliphatic heterocycles. The van der Waals surface area contributed by atoms with Gasteiger partial charge in [0, 0.05) is 37.9 Å². The van der Waals surface area contributed by atoms with Crippen LogP contribution in [0.4, 0.5) is 0 Å². The van der Waals surface area contributed by atoms with Crippen molar-refractivity contribution in [3.63, 3.8) is 0 Å². The zero-order chi connectivity index (χ0) is 13.6. The van der Waals surface area contributed by atoms with Crippen molar-refractivity contribution in [1.82, 2.24) is 14.0 Å². The van der Waals surface area contributed by atoms with E-state index < -0.39 is 10.2 Å². The minimum atomic E-state index is -3.32. The van der Waals surface area contributed by atoms with Gasteiger partial charge in [-0.05, 0) is 25.0 Å². The van der Waals surface area contributed by atoms with Crippen LogP contribution in [0.5, 0.6) is 0 Å². The Kier molecular flexibility index (Phi) is 5.30. The largest absolute Gasteiger partial charge is 0.279 e. The van der Waals surface area contributed by atoms with Crippen LogP contribution in [0.15, 0.2) is 24.4 Å². The van der Waals surface area contributed by atoms with E-state index in [4.69, 9.17) is 0 Å². The van der Waals surface area contributed by atoms with Crippen LogP contribution >= 0.6 is 0 Å². The van der Waals surface area contributed by atoms with Crippen molar-refractivity contribution in [1.29, 1.82) is 0 Å². The molecule has 6 heteroatoms. The summed E-state index contributed by atoms with van der Waals surface area (Å²) in [4.78, 5) is 4.18. The molecule has 2 heterocycles. The number of nitrogens with zero attached hydrogens (tertiary/aromatic N) is 2. The van der Waals surface area contributed by atoms with Gasteiger partial charge in [-0.3, -0.25) is 4.98 Å². The van der Waals surface area contributed by atoms with Crippen molar-refractivity contribution in [3.05, 3.63) is 30.1 Å². The molecule has 1 aromatic heterocycles. The Balaban J connectivity index is 1.83. The van der Waals surface area contributed by atoms with Gasteiger partial charge in [0.05, 0.1) is 0 Å². The lowest BCUT2D eigenvalue weighted by atomic mass is 10.2. The Morgan fingerprint density at radius 3 is 2.53 bits per heavy atom. The highest BCUT2D eigenvalue weighted by atomic mass is 32.2. The summed E-state index contributed by atoms with van der Waals surface area (Å²) >= 11 is 0. The summed E-state index contributed by atoms with van der Waals surface area (Å²) in [5.41, 5.74) is 0.904. The Labute approximate surface area is 115 Å². The Hall–Kier alpha value is -0.980. The number of aromatic nitrogens is 1. The lowest BCUT2D eigenvalue weighted by Crippen LogP contribution is -2.42. The third-order valence-corrected chi connectivity index (χ3v) is 4.91. The average Bonchev–Trinajstić information content (AvgIpc) is 2.69. The van der Waals surface area contributed by atoms with Crippen molar-refractivity contribution >= 4 is 10.2 Å². The minimum absolute atomic E-state index is 0.399. The van der Waals surface area contributed by atoms with Crippen molar-refractivity contribution in [3.8, 4) is 0 Å². The zero-order valence-corrected chi connectivity index (χ0v) is 11.9. The van der Waals surface area contributed by atoms with E-state index in [1.165, 1.54) is 0 Å². The van der Waals surface area contributed by atoms with E-state index in [1.807, 2.05) is 18.2 Å². The number of rotatable bonds is 5. The summed E-state index contributed by atoms with van der Waals surface area (Å²) in [5.74, 6) is 0. The fraction of sp³-hybridized carbons (Fsp3) is 0.615. The molecule has 0 saturated carbocycles. The van der Waals surface area contributed by atoms with Crippen molar-refractivity contribution in [2.75, 3.05) is 19.6 Å². The quantitative estimate of drug-likeness (QED) is 0.887. The molecule has 0 amide bonds. The summed E-state index contributed by atoms with van der Waals surface area (Å²) < 4.78 is 28.5.